The van der Waals surface area contributed by atoms with Gasteiger partial charge in [0.1, 0.15) is 28.9 Å². The van der Waals surface area contributed by atoms with E-state index in [0.717, 1.165) is 12.2 Å². The van der Waals surface area contributed by atoms with Gasteiger partial charge in [0.25, 0.3) is 5.91 Å². The summed E-state index contributed by atoms with van der Waals surface area (Å²) in [5.41, 5.74) is 0.993. The average molecular weight is 401 g/mol. The zero-order chi connectivity index (χ0) is 20.5. The number of hydrogen-bond acceptors (Lipinski definition) is 5. The molecule has 28 heavy (non-hydrogen) atoms. The zero-order valence-corrected chi connectivity index (χ0v) is 16.7. The number of nitrogens with one attached hydrogen (secondary N) is 1. The number of hydrogen-bond donors (Lipinski definition) is 1. The highest BCUT2D eigenvalue weighted by molar-refractivity contribution is 6.32. The lowest BCUT2D eigenvalue weighted by Crippen LogP contribution is -2.14. The second-order valence-corrected chi connectivity index (χ2v) is 6.14. The van der Waals surface area contributed by atoms with Crippen molar-refractivity contribution in [2.45, 2.75) is 13.3 Å². The largest absolute Gasteiger partial charge is 0.495 e. The van der Waals surface area contributed by atoms with Crippen LogP contribution in [0.15, 0.2) is 42.0 Å². The molecule has 0 bridgehead atoms. The molecule has 0 aliphatic rings. The molecule has 0 saturated heterocycles. The van der Waals surface area contributed by atoms with Crippen LogP contribution in [0, 0.1) is 11.3 Å². The second kappa shape index (κ2) is 10.2. The van der Waals surface area contributed by atoms with E-state index in [4.69, 9.17) is 25.8 Å². The van der Waals surface area contributed by atoms with Gasteiger partial charge in [-0.15, -0.1) is 0 Å². The van der Waals surface area contributed by atoms with Gasteiger partial charge in [0.2, 0.25) is 0 Å². The molecule has 0 heterocycles. The first kappa shape index (κ1) is 21.1. The predicted octanol–water partition coefficient (Wildman–Crippen LogP) is 4.69. The summed E-state index contributed by atoms with van der Waals surface area (Å²) in [7, 11) is 2.92. The summed E-state index contributed by atoms with van der Waals surface area (Å²) in [6.07, 6.45) is 2.41. The molecule has 146 valence electrons. The number of halogens is 1. The van der Waals surface area contributed by atoms with Crippen molar-refractivity contribution in [1.82, 2.24) is 0 Å². The number of rotatable bonds is 8. The minimum Gasteiger partial charge on any atom is -0.495 e. The summed E-state index contributed by atoms with van der Waals surface area (Å²) in [6, 6.07) is 12.1. The SMILES string of the molecule is CCCOc1ccc(/C=C(\C#N)C(=O)Nc2cc(OC)c(Cl)cc2OC)cc1. The van der Waals surface area contributed by atoms with Gasteiger partial charge in [-0.2, -0.15) is 5.26 Å². The average Bonchev–Trinajstić information content (AvgIpc) is 2.72. The number of benzene rings is 2. The van der Waals surface area contributed by atoms with E-state index in [9.17, 15) is 10.1 Å². The van der Waals surface area contributed by atoms with Crippen molar-refractivity contribution < 1.29 is 19.0 Å². The Hall–Kier alpha value is -3.17. The number of nitrogens with zero attached hydrogens (tertiary/aromatic N) is 1. The molecule has 2 rings (SSSR count). The normalized spacial score (nSPS) is 10.8. The number of nitriles is 1. The summed E-state index contributed by atoms with van der Waals surface area (Å²) in [5.74, 6) is 0.897. The second-order valence-electron chi connectivity index (χ2n) is 5.73. The van der Waals surface area contributed by atoms with Crippen molar-refractivity contribution in [3.05, 3.63) is 52.6 Å². The third kappa shape index (κ3) is 5.41. The van der Waals surface area contributed by atoms with Crippen molar-refractivity contribution in [2.24, 2.45) is 0 Å². The molecule has 0 aliphatic carbocycles. The summed E-state index contributed by atoms with van der Waals surface area (Å²) in [5, 5.41) is 12.4. The first-order chi connectivity index (χ1) is 13.5. The van der Waals surface area contributed by atoms with Crippen LogP contribution in [0.2, 0.25) is 5.02 Å². The number of carbonyl (C=O) groups is 1. The molecule has 0 aliphatic heterocycles. The molecule has 0 aromatic heterocycles. The number of methoxy groups -OCH3 is 2. The lowest BCUT2D eigenvalue weighted by Gasteiger charge is -2.13. The smallest absolute Gasteiger partial charge is 0.266 e. The van der Waals surface area contributed by atoms with Crippen LogP contribution in [0.5, 0.6) is 17.2 Å². The lowest BCUT2D eigenvalue weighted by molar-refractivity contribution is -0.112. The van der Waals surface area contributed by atoms with Crippen LogP contribution in [0.25, 0.3) is 6.08 Å². The molecule has 0 atom stereocenters. The molecular formula is C21H21ClN2O4. The fourth-order valence-electron chi connectivity index (χ4n) is 2.34. The van der Waals surface area contributed by atoms with E-state index < -0.39 is 5.91 Å². The van der Waals surface area contributed by atoms with Crippen molar-refractivity contribution in [1.29, 1.82) is 5.26 Å². The highest BCUT2D eigenvalue weighted by atomic mass is 35.5. The van der Waals surface area contributed by atoms with Gasteiger partial charge >= 0.3 is 0 Å². The molecule has 7 heteroatoms. The third-order valence-corrected chi connectivity index (χ3v) is 4.05. The Bertz CT molecular complexity index is 902. The van der Waals surface area contributed by atoms with Crippen LogP contribution in [-0.4, -0.2) is 26.7 Å². The zero-order valence-electron chi connectivity index (χ0n) is 15.9. The van der Waals surface area contributed by atoms with Gasteiger partial charge in [-0.25, -0.2) is 0 Å². The fourth-order valence-corrected chi connectivity index (χ4v) is 2.57. The minimum atomic E-state index is -0.573. The summed E-state index contributed by atoms with van der Waals surface area (Å²) in [4.78, 5) is 12.6. The van der Waals surface area contributed by atoms with Gasteiger partial charge in [-0.3, -0.25) is 4.79 Å². The summed E-state index contributed by atoms with van der Waals surface area (Å²) < 4.78 is 15.9. The summed E-state index contributed by atoms with van der Waals surface area (Å²) in [6.45, 7) is 2.66. The van der Waals surface area contributed by atoms with Crippen molar-refractivity contribution in [2.75, 3.05) is 26.1 Å². The molecule has 0 spiro atoms. The fraction of sp³-hybridized carbons (Fsp3) is 0.238. The maximum absolute atomic E-state index is 12.6. The van der Waals surface area contributed by atoms with Gasteiger partial charge in [-0.1, -0.05) is 30.7 Å². The van der Waals surface area contributed by atoms with Crippen LogP contribution in [-0.2, 0) is 4.79 Å². The Morgan fingerprint density at radius 3 is 2.43 bits per heavy atom. The minimum absolute atomic E-state index is 0.0572. The first-order valence-corrected chi connectivity index (χ1v) is 8.97. The monoisotopic (exact) mass is 400 g/mol. The number of amides is 1. The number of ether oxygens (including phenoxy) is 3. The van der Waals surface area contributed by atoms with E-state index in [-0.39, 0.29) is 5.57 Å². The quantitative estimate of drug-likeness (QED) is 0.513. The topological polar surface area (TPSA) is 80.6 Å². The number of anilines is 1. The molecule has 0 fully saturated rings. The van der Waals surface area contributed by atoms with Gasteiger partial charge in [0, 0.05) is 12.1 Å². The standard InChI is InChI=1S/C21H21ClN2O4/c1-4-9-28-16-7-5-14(6-8-16)10-15(13-23)21(25)24-18-12-19(26-2)17(22)11-20(18)27-3/h5-8,10-12H,4,9H2,1-3H3,(H,24,25)/b15-10+. The maximum Gasteiger partial charge on any atom is 0.266 e. The van der Waals surface area contributed by atoms with Crippen LogP contribution < -0.4 is 19.5 Å². The van der Waals surface area contributed by atoms with Crippen LogP contribution in [0.3, 0.4) is 0 Å². The summed E-state index contributed by atoms with van der Waals surface area (Å²) >= 11 is 6.07. The Kier molecular flexibility index (Phi) is 7.73. The van der Waals surface area contributed by atoms with E-state index in [1.807, 2.05) is 13.0 Å². The molecule has 2 aromatic rings. The van der Waals surface area contributed by atoms with Gasteiger partial charge in [0.15, 0.2) is 0 Å². The molecule has 2 aromatic carbocycles. The van der Waals surface area contributed by atoms with E-state index in [1.165, 1.54) is 32.4 Å². The highest BCUT2D eigenvalue weighted by Gasteiger charge is 2.15. The highest BCUT2D eigenvalue weighted by Crippen LogP contribution is 2.36. The van der Waals surface area contributed by atoms with E-state index in [0.29, 0.717) is 34.4 Å². The Balaban J connectivity index is 2.22. The van der Waals surface area contributed by atoms with Gasteiger partial charge < -0.3 is 19.5 Å². The molecule has 0 unspecified atom stereocenters. The molecule has 0 radical (unpaired) electrons. The number of carbonyl (C=O) groups excluding carboxylic acids is 1. The lowest BCUT2D eigenvalue weighted by atomic mass is 10.1. The first-order valence-electron chi connectivity index (χ1n) is 8.59. The maximum atomic E-state index is 12.6. The predicted molar refractivity (Wildman–Crippen MR) is 109 cm³/mol. The molecule has 0 saturated carbocycles. The third-order valence-electron chi connectivity index (χ3n) is 3.75. The molecular weight excluding hydrogens is 380 g/mol. The molecule has 1 amide bonds. The van der Waals surface area contributed by atoms with Crippen LogP contribution >= 0.6 is 11.6 Å². The van der Waals surface area contributed by atoms with Gasteiger partial charge in [-0.05, 0) is 30.2 Å². The van der Waals surface area contributed by atoms with Crippen molar-refractivity contribution in [3.8, 4) is 23.3 Å². The molecule has 6 nitrogen and oxygen atoms in total. The van der Waals surface area contributed by atoms with E-state index >= 15 is 0 Å². The van der Waals surface area contributed by atoms with E-state index in [1.54, 1.807) is 24.3 Å². The Labute approximate surface area is 169 Å². The molecule has 1 N–H and O–H groups in total. The van der Waals surface area contributed by atoms with E-state index in [2.05, 4.69) is 5.32 Å². The Morgan fingerprint density at radius 1 is 1.18 bits per heavy atom. The van der Waals surface area contributed by atoms with Crippen LogP contribution in [0.4, 0.5) is 5.69 Å². The van der Waals surface area contributed by atoms with Crippen molar-refractivity contribution in [3.63, 3.8) is 0 Å². The van der Waals surface area contributed by atoms with Gasteiger partial charge in [0.05, 0.1) is 31.5 Å². The Morgan fingerprint density at radius 2 is 1.86 bits per heavy atom. The van der Waals surface area contributed by atoms with Crippen LogP contribution in [0.1, 0.15) is 18.9 Å². The van der Waals surface area contributed by atoms with Crippen molar-refractivity contribution >= 4 is 29.3 Å².